The zero-order chi connectivity index (χ0) is 29.3. The molecule has 1 aromatic carbocycles. The highest BCUT2D eigenvalue weighted by Gasteiger charge is 2.42. The van der Waals surface area contributed by atoms with Crippen LogP contribution in [0.5, 0.6) is 0 Å². The number of nitrogens with one attached hydrogen (secondary N) is 1. The van der Waals surface area contributed by atoms with Crippen LogP contribution in [-0.2, 0) is 24.3 Å². The van der Waals surface area contributed by atoms with Gasteiger partial charge in [-0.3, -0.25) is 19.4 Å². The molecule has 0 saturated carbocycles. The summed E-state index contributed by atoms with van der Waals surface area (Å²) in [6, 6.07) is 7.98. The van der Waals surface area contributed by atoms with Crippen LogP contribution in [0.25, 0.3) is 6.08 Å². The predicted octanol–water partition coefficient (Wildman–Crippen LogP) is 1.47. The lowest BCUT2D eigenvalue weighted by Crippen LogP contribution is -2.51. The van der Waals surface area contributed by atoms with Crippen LogP contribution < -0.4 is 5.32 Å². The van der Waals surface area contributed by atoms with Crippen LogP contribution in [0.1, 0.15) is 49.3 Å². The molecule has 1 aromatic rings. The second kappa shape index (κ2) is 12.2. The predicted molar refractivity (Wildman–Crippen MR) is 154 cm³/mol. The molecule has 0 spiro atoms. The summed E-state index contributed by atoms with van der Waals surface area (Å²) in [7, 11) is 0.474. The van der Waals surface area contributed by atoms with Crippen molar-refractivity contribution in [2.24, 2.45) is 0 Å². The van der Waals surface area contributed by atoms with Gasteiger partial charge in [-0.15, -0.1) is 0 Å². The molecular formula is C29H41N5O6S. The van der Waals surface area contributed by atoms with Gasteiger partial charge in [0.1, 0.15) is 0 Å². The van der Waals surface area contributed by atoms with Gasteiger partial charge in [0.05, 0.1) is 24.5 Å². The lowest BCUT2D eigenvalue weighted by atomic mass is 9.85. The van der Waals surface area contributed by atoms with Gasteiger partial charge in [-0.05, 0) is 63.4 Å². The van der Waals surface area contributed by atoms with Crippen molar-refractivity contribution in [3.8, 4) is 0 Å². The van der Waals surface area contributed by atoms with Crippen LogP contribution in [0.3, 0.4) is 0 Å². The van der Waals surface area contributed by atoms with Gasteiger partial charge in [-0.25, -0.2) is 13.2 Å². The molecular weight excluding hydrogens is 546 g/mol. The number of ketones is 1. The van der Waals surface area contributed by atoms with E-state index in [1.807, 2.05) is 43.3 Å². The minimum Gasteiger partial charge on any atom is -0.449 e. The normalized spacial score (nSPS) is 27.0. The second-order valence-electron chi connectivity index (χ2n) is 11.8. The first kappa shape index (κ1) is 29.7. The van der Waals surface area contributed by atoms with Crippen molar-refractivity contribution in [3.05, 3.63) is 41.0 Å². The maximum Gasteiger partial charge on any atom is 0.409 e. The molecule has 1 N–H and O–H groups in total. The molecule has 4 aliphatic rings. The van der Waals surface area contributed by atoms with E-state index in [0.717, 1.165) is 43.4 Å². The molecule has 3 saturated heterocycles. The number of carbonyl (C=O) groups excluding carboxylic acids is 3. The van der Waals surface area contributed by atoms with Crippen molar-refractivity contribution in [1.82, 2.24) is 24.3 Å². The smallest absolute Gasteiger partial charge is 0.409 e. The maximum atomic E-state index is 13.3. The molecule has 11 nitrogen and oxygen atoms in total. The third-order valence-corrected chi connectivity index (χ3v) is 10.1. The summed E-state index contributed by atoms with van der Waals surface area (Å²) in [5, 5.41) is 3.17. The minimum absolute atomic E-state index is 0.0170. The molecule has 1 aliphatic carbocycles. The highest BCUT2D eigenvalue weighted by molar-refractivity contribution is 7.88. The van der Waals surface area contributed by atoms with Crippen molar-refractivity contribution in [1.29, 1.82) is 0 Å². The number of hydrogen-bond donors (Lipinski definition) is 1. The Morgan fingerprint density at radius 2 is 1.71 bits per heavy atom. The Bertz CT molecular complexity index is 1290. The van der Waals surface area contributed by atoms with Gasteiger partial charge in [0, 0.05) is 50.8 Å². The Hall–Kier alpha value is -2.80. The molecule has 3 atom stereocenters. The number of carbonyl (C=O) groups is 3. The number of likely N-dealkylation sites (N-methyl/N-ethyl adjacent to an activating group) is 1. The number of nitrogens with zero attached hydrogens (tertiary/aromatic N) is 4. The topological polar surface area (TPSA) is 120 Å². The summed E-state index contributed by atoms with van der Waals surface area (Å²) in [4.78, 5) is 45.0. The molecule has 12 heteroatoms. The third-order valence-electron chi connectivity index (χ3n) is 8.84. The molecule has 2 bridgehead atoms. The molecule has 0 aromatic heterocycles. The largest absolute Gasteiger partial charge is 0.449 e. The first-order valence-electron chi connectivity index (χ1n) is 14.5. The third kappa shape index (κ3) is 6.50. The molecule has 3 fully saturated rings. The summed E-state index contributed by atoms with van der Waals surface area (Å²) in [6.07, 6.45) is 7.03. The number of fused-ring (bicyclic) bond motifs is 3. The van der Waals surface area contributed by atoms with E-state index < -0.39 is 22.2 Å². The van der Waals surface area contributed by atoms with Crippen LogP contribution in [-0.4, -0.2) is 123 Å². The van der Waals surface area contributed by atoms with Crippen LogP contribution in [0, 0.1) is 0 Å². The van der Waals surface area contributed by atoms with Gasteiger partial charge >= 0.3 is 6.09 Å². The zero-order valence-corrected chi connectivity index (χ0v) is 24.9. The quantitative estimate of drug-likeness (QED) is 0.359. The Balaban J connectivity index is 1.09. The van der Waals surface area contributed by atoms with E-state index >= 15 is 0 Å². The van der Waals surface area contributed by atoms with Crippen LogP contribution >= 0.6 is 0 Å². The number of amides is 2. The Labute approximate surface area is 242 Å². The Kier molecular flexibility index (Phi) is 8.84. The summed E-state index contributed by atoms with van der Waals surface area (Å²) < 4.78 is 30.2. The molecule has 5 rings (SSSR count). The fraction of sp³-hybridized carbons (Fsp3) is 0.621. The van der Waals surface area contributed by atoms with Gasteiger partial charge in [-0.2, -0.15) is 4.31 Å². The molecule has 3 aliphatic heterocycles. The number of Topliss-reactive ketones (excluding diaryl/α,β-unsaturated/α-hetero) is 1. The Morgan fingerprint density at radius 1 is 1.05 bits per heavy atom. The molecule has 0 radical (unpaired) electrons. The monoisotopic (exact) mass is 587 g/mol. The van der Waals surface area contributed by atoms with E-state index in [9.17, 15) is 22.8 Å². The fourth-order valence-electron chi connectivity index (χ4n) is 6.82. The van der Waals surface area contributed by atoms with Gasteiger partial charge in [0.25, 0.3) is 5.91 Å². The van der Waals surface area contributed by atoms with E-state index in [1.54, 1.807) is 11.0 Å². The summed E-state index contributed by atoms with van der Waals surface area (Å²) >= 11 is 0. The van der Waals surface area contributed by atoms with E-state index in [4.69, 9.17) is 4.74 Å². The van der Waals surface area contributed by atoms with Crippen molar-refractivity contribution in [2.45, 2.75) is 56.3 Å². The second-order valence-corrected chi connectivity index (χ2v) is 13.8. The standard InChI is InChI=1S/C29H41N5O6S/c1-31(2)26-24-8-5-4-7-20(24)17-25(27(26)35)28(36)30-21-18-22-9-10-23(19-21)34(22)11-6-16-40-29(37)32-12-14-33(15-13-32)41(3,38)39/h4-5,7-8,17,21-23,26H,6,9-16,18-19H2,1-3H3,(H,30,36). The first-order valence-corrected chi connectivity index (χ1v) is 16.3. The highest BCUT2D eigenvalue weighted by Crippen LogP contribution is 2.37. The highest BCUT2D eigenvalue weighted by atomic mass is 32.2. The number of benzene rings is 1. The SMILES string of the molecule is CN(C)C1C(=O)C(C(=O)NC2CC3CCC(C2)N3CCCOC(=O)N2CCN(S(C)(=O)=O)CC2)=Cc2ccccc21. The first-order chi connectivity index (χ1) is 19.5. The lowest BCUT2D eigenvalue weighted by Gasteiger charge is -2.39. The van der Waals surface area contributed by atoms with E-state index in [0.29, 0.717) is 38.2 Å². The van der Waals surface area contributed by atoms with E-state index in [1.165, 1.54) is 10.6 Å². The Morgan fingerprint density at radius 3 is 2.34 bits per heavy atom. The minimum atomic E-state index is -3.24. The summed E-state index contributed by atoms with van der Waals surface area (Å²) in [5.74, 6) is -0.461. The number of hydrogen-bond acceptors (Lipinski definition) is 8. The van der Waals surface area contributed by atoms with E-state index in [-0.39, 0.29) is 36.4 Å². The van der Waals surface area contributed by atoms with Crippen LogP contribution in [0.2, 0.25) is 0 Å². The lowest BCUT2D eigenvalue weighted by molar-refractivity contribution is -0.125. The molecule has 3 heterocycles. The van der Waals surface area contributed by atoms with Gasteiger partial charge in [0.15, 0.2) is 5.78 Å². The van der Waals surface area contributed by atoms with E-state index in [2.05, 4.69) is 10.2 Å². The van der Waals surface area contributed by atoms with Crippen molar-refractivity contribution >= 4 is 33.9 Å². The number of sulfonamides is 1. The summed E-state index contributed by atoms with van der Waals surface area (Å²) in [6.45, 7) is 2.37. The number of piperazine rings is 1. The number of piperidine rings is 1. The summed E-state index contributed by atoms with van der Waals surface area (Å²) in [5.41, 5.74) is 2.05. The molecule has 2 amide bonds. The van der Waals surface area contributed by atoms with Crippen molar-refractivity contribution < 1.29 is 27.5 Å². The molecule has 3 unspecified atom stereocenters. The van der Waals surface area contributed by atoms with Gasteiger partial charge in [0.2, 0.25) is 10.0 Å². The van der Waals surface area contributed by atoms with Gasteiger partial charge < -0.3 is 15.0 Å². The average Bonchev–Trinajstić information content (AvgIpc) is 3.17. The maximum absolute atomic E-state index is 13.3. The van der Waals surface area contributed by atoms with Crippen molar-refractivity contribution in [2.75, 3.05) is 59.7 Å². The average molecular weight is 588 g/mol. The number of ether oxygens (including phenoxy) is 1. The van der Waals surface area contributed by atoms with Crippen LogP contribution in [0.15, 0.2) is 29.8 Å². The molecule has 41 heavy (non-hydrogen) atoms. The van der Waals surface area contributed by atoms with Gasteiger partial charge in [-0.1, -0.05) is 24.3 Å². The van der Waals surface area contributed by atoms with Crippen molar-refractivity contribution in [3.63, 3.8) is 0 Å². The fourth-order valence-corrected chi connectivity index (χ4v) is 7.64. The van der Waals surface area contributed by atoms with Crippen LogP contribution in [0.4, 0.5) is 4.79 Å². The zero-order valence-electron chi connectivity index (χ0n) is 24.1. The number of rotatable bonds is 8. The molecule has 224 valence electrons.